The van der Waals surface area contributed by atoms with Crippen molar-refractivity contribution in [2.75, 3.05) is 6.54 Å². The van der Waals surface area contributed by atoms with Crippen molar-refractivity contribution in [3.63, 3.8) is 0 Å². The van der Waals surface area contributed by atoms with Crippen molar-refractivity contribution in [2.45, 2.75) is 38.8 Å². The van der Waals surface area contributed by atoms with Crippen LogP contribution in [0.25, 0.3) is 5.78 Å². The van der Waals surface area contributed by atoms with Crippen LogP contribution >= 0.6 is 0 Å². The van der Waals surface area contributed by atoms with Crippen molar-refractivity contribution < 1.29 is 9.90 Å². The standard InChI is InChI=1S/C15H20N4O2/c1-2-11-4-7-18(13(8-11)14(20)21)9-12-10-19-6-3-5-16-15(19)17-12/h3,5-6,10-11,13H,2,4,7-9H2,1H3,(H,20,21). The first-order chi connectivity index (χ1) is 10.2. The van der Waals surface area contributed by atoms with Gasteiger partial charge in [0.15, 0.2) is 0 Å². The van der Waals surface area contributed by atoms with Crippen LogP contribution in [0, 0.1) is 5.92 Å². The predicted octanol–water partition coefficient (Wildman–Crippen LogP) is 1.80. The summed E-state index contributed by atoms with van der Waals surface area (Å²) in [5, 5.41) is 9.46. The summed E-state index contributed by atoms with van der Waals surface area (Å²) in [6, 6.07) is 1.45. The summed E-state index contributed by atoms with van der Waals surface area (Å²) in [4.78, 5) is 22.2. The zero-order chi connectivity index (χ0) is 14.8. The van der Waals surface area contributed by atoms with Crippen molar-refractivity contribution >= 4 is 11.7 Å². The first kappa shape index (κ1) is 14.0. The van der Waals surface area contributed by atoms with Gasteiger partial charge in [-0.05, 0) is 31.4 Å². The van der Waals surface area contributed by atoms with E-state index in [9.17, 15) is 9.90 Å². The largest absolute Gasteiger partial charge is 0.480 e. The van der Waals surface area contributed by atoms with Crippen molar-refractivity contribution in [2.24, 2.45) is 5.92 Å². The molecule has 1 fully saturated rings. The topological polar surface area (TPSA) is 70.7 Å². The van der Waals surface area contributed by atoms with E-state index in [1.54, 1.807) is 6.20 Å². The molecule has 2 aromatic rings. The summed E-state index contributed by atoms with van der Waals surface area (Å²) in [5.41, 5.74) is 0.870. The molecule has 1 aliphatic rings. The molecule has 0 saturated carbocycles. The lowest BCUT2D eigenvalue weighted by atomic mass is 9.89. The van der Waals surface area contributed by atoms with E-state index in [0.29, 0.717) is 18.2 Å². The zero-order valence-corrected chi connectivity index (χ0v) is 12.1. The highest BCUT2D eigenvalue weighted by Crippen LogP contribution is 2.26. The minimum atomic E-state index is -0.727. The van der Waals surface area contributed by atoms with Crippen molar-refractivity contribution in [3.8, 4) is 0 Å². The molecule has 0 aromatic carbocycles. The van der Waals surface area contributed by atoms with E-state index in [1.807, 2.05) is 27.8 Å². The van der Waals surface area contributed by atoms with E-state index in [0.717, 1.165) is 31.5 Å². The Labute approximate surface area is 123 Å². The monoisotopic (exact) mass is 288 g/mol. The van der Waals surface area contributed by atoms with Crippen molar-refractivity contribution in [3.05, 3.63) is 30.4 Å². The van der Waals surface area contributed by atoms with Gasteiger partial charge in [0, 0.05) is 25.1 Å². The molecule has 6 heteroatoms. The number of carboxylic acids is 1. The number of carboxylic acid groups (broad SMARTS) is 1. The summed E-state index contributed by atoms with van der Waals surface area (Å²) in [6.45, 7) is 3.51. The van der Waals surface area contributed by atoms with Crippen molar-refractivity contribution in [1.82, 2.24) is 19.3 Å². The van der Waals surface area contributed by atoms with Gasteiger partial charge in [-0.2, -0.15) is 0 Å². The lowest BCUT2D eigenvalue weighted by Crippen LogP contribution is -2.46. The smallest absolute Gasteiger partial charge is 0.320 e. The maximum absolute atomic E-state index is 11.5. The molecule has 1 aliphatic heterocycles. The van der Waals surface area contributed by atoms with Gasteiger partial charge in [0.25, 0.3) is 0 Å². The molecule has 2 aromatic heterocycles. The molecule has 0 radical (unpaired) electrons. The number of aliphatic carboxylic acids is 1. The summed E-state index contributed by atoms with van der Waals surface area (Å²) >= 11 is 0. The second-order valence-electron chi connectivity index (χ2n) is 5.68. The van der Waals surface area contributed by atoms with Crippen LogP contribution in [0.3, 0.4) is 0 Å². The highest BCUT2D eigenvalue weighted by Gasteiger charge is 2.32. The fraction of sp³-hybridized carbons (Fsp3) is 0.533. The Morgan fingerprint density at radius 3 is 3.10 bits per heavy atom. The highest BCUT2D eigenvalue weighted by atomic mass is 16.4. The molecule has 0 aliphatic carbocycles. The number of aromatic nitrogens is 3. The van der Waals surface area contributed by atoms with E-state index in [-0.39, 0.29) is 0 Å². The van der Waals surface area contributed by atoms with Crippen LogP contribution in [-0.4, -0.2) is 42.9 Å². The third-order valence-corrected chi connectivity index (χ3v) is 4.33. The first-order valence-corrected chi connectivity index (χ1v) is 7.43. The fourth-order valence-electron chi connectivity index (χ4n) is 3.07. The molecule has 1 saturated heterocycles. The van der Waals surface area contributed by atoms with E-state index >= 15 is 0 Å². The third kappa shape index (κ3) is 2.90. The number of rotatable bonds is 4. The van der Waals surface area contributed by atoms with Gasteiger partial charge in [-0.1, -0.05) is 13.3 Å². The average molecular weight is 288 g/mol. The highest BCUT2D eigenvalue weighted by molar-refractivity contribution is 5.73. The Balaban J connectivity index is 1.77. The number of hydrogen-bond acceptors (Lipinski definition) is 4. The molecule has 2 unspecified atom stereocenters. The van der Waals surface area contributed by atoms with Crippen LogP contribution in [0.5, 0.6) is 0 Å². The van der Waals surface area contributed by atoms with Gasteiger partial charge in [0.2, 0.25) is 5.78 Å². The van der Waals surface area contributed by atoms with E-state index in [4.69, 9.17) is 0 Å². The molecular formula is C15H20N4O2. The molecule has 3 heterocycles. The molecule has 112 valence electrons. The lowest BCUT2D eigenvalue weighted by molar-refractivity contribution is -0.145. The number of nitrogens with zero attached hydrogens (tertiary/aromatic N) is 4. The Morgan fingerprint density at radius 2 is 2.38 bits per heavy atom. The zero-order valence-electron chi connectivity index (χ0n) is 12.1. The van der Waals surface area contributed by atoms with Crippen LogP contribution in [0.4, 0.5) is 0 Å². The molecule has 6 nitrogen and oxygen atoms in total. The van der Waals surface area contributed by atoms with Crippen LogP contribution in [0.2, 0.25) is 0 Å². The molecule has 0 amide bonds. The molecule has 21 heavy (non-hydrogen) atoms. The van der Waals surface area contributed by atoms with Gasteiger partial charge in [0.1, 0.15) is 6.04 Å². The maximum atomic E-state index is 11.5. The molecule has 2 atom stereocenters. The molecular weight excluding hydrogens is 268 g/mol. The molecule has 3 rings (SSSR count). The summed E-state index contributed by atoms with van der Waals surface area (Å²) in [6.07, 6.45) is 8.38. The van der Waals surface area contributed by atoms with Crippen molar-refractivity contribution in [1.29, 1.82) is 0 Å². The van der Waals surface area contributed by atoms with E-state index in [1.165, 1.54) is 0 Å². The first-order valence-electron chi connectivity index (χ1n) is 7.43. The minimum Gasteiger partial charge on any atom is -0.480 e. The number of carbonyl (C=O) groups is 1. The van der Waals surface area contributed by atoms with Crippen LogP contribution < -0.4 is 0 Å². The Bertz CT molecular complexity index is 606. The lowest BCUT2D eigenvalue weighted by Gasteiger charge is -2.36. The third-order valence-electron chi connectivity index (χ3n) is 4.33. The van der Waals surface area contributed by atoms with Crippen LogP contribution in [0.1, 0.15) is 31.9 Å². The Morgan fingerprint density at radius 1 is 1.52 bits per heavy atom. The molecule has 1 N–H and O–H groups in total. The number of piperidine rings is 1. The average Bonchev–Trinajstić information content (AvgIpc) is 2.89. The van der Waals surface area contributed by atoms with E-state index in [2.05, 4.69) is 16.9 Å². The molecule has 0 bridgehead atoms. The predicted molar refractivity (Wildman–Crippen MR) is 77.8 cm³/mol. The number of hydrogen-bond donors (Lipinski definition) is 1. The van der Waals surface area contributed by atoms with Gasteiger partial charge in [-0.15, -0.1) is 0 Å². The summed E-state index contributed by atoms with van der Waals surface area (Å²) in [5.74, 6) is 0.447. The molecule has 0 spiro atoms. The normalized spacial score (nSPS) is 23.5. The quantitative estimate of drug-likeness (QED) is 0.929. The second kappa shape index (κ2) is 5.81. The summed E-state index contributed by atoms with van der Waals surface area (Å²) in [7, 11) is 0. The van der Waals surface area contributed by atoms with Gasteiger partial charge in [-0.3, -0.25) is 14.1 Å². The van der Waals surface area contributed by atoms with Gasteiger partial charge in [0.05, 0.1) is 5.69 Å². The number of likely N-dealkylation sites (tertiary alicyclic amines) is 1. The number of imidazole rings is 1. The number of fused-ring (bicyclic) bond motifs is 1. The summed E-state index contributed by atoms with van der Waals surface area (Å²) < 4.78 is 1.86. The minimum absolute atomic E-state index is 0.401. The second-order valence-corrected chi connectivity index (χ2v) is 5.68. The van der Waals surface area contributed by atoms with Gasteiger partial charge >= 0.3 is 5.97 Å². The van der Waals surface area contributed by atoms with Crippen LogP contribution in [0.15, 0.2) is 24.7 Å². The van der Waals surface area contributed by atoms with E-state index < -0.39 is 12.0 Å². The Hall–Kier alpha value is -1.95. The SMILES string of the molecule is CCC1CCN(Cc2cn3cccnc3n2)C(C(=O)O)C1. The Kier molecular flexibility index (Phi) is 3.88. The fourth-order valence-corrected chi connectivity index (χ4v) is 3.07. The van der Waals surface area contributed by atoms with Gasteiger partial charge < -0.3 is 5.11 Å². The van der Waals surface area contributed by atoms with Crippen LogP contribution in [-0.2, 0) is 11.3 Å². The van der Waals surface area contributed by atoms with Gasteiger partial charge in [-0.25, -0.2) is 9.97 Å². The maximum Gasteiger partial charge on any atom is 0.320 e.